The lowest BCUT2D eigenvalue weighted by Gasteiger charge is -2.30. The molecule has 5 nitrogen and oxygen atoms in total. The van der Waals surface area contributed by atoms with E-state index in [1.807, 2.05) is 9.80 Å². The molecule has 2 saturated heterocycles. The van der Waals surface area contributed by atoms with Gasteiger partial charge in [0.1, 0.15) is 11.4 Å². The first kappa shape index (κ1) is 16.9. The Balaban J connectivity index is 1.71. The van der Waals surface area contributed by atoms with Crippen LogP contribution in [-0.4, -0.2) is 52.8 Å². The van der Waals surface area contributed by atoms with Crippen LogP contribution in [0.15, 0.2) is 18.2 Å². The molecular weight excluding hydrogens is 302 g/mol. The molecule has 0 unspecified atom stereocenters. The molecule has 1 aromatic heterocycles. The highest BCUT2D eigenvalue weighted by molar-refractivity contribution is 5.96. The number of hydrogen-bond acceptors (Lipinski definition) is 3. The molecule has 1 aromatic rings. The number of likely N-dealkylation sites (tertiary alicyclic amines) is 2. The fourth-order valence-corrected chi connectivity index (χ4v) is 3.48. The van der Waals surface area contributed by atoms with Crippen LogP contribution >= 0.6 is 0 Å². The third-order valence-electron chi connectivity index (χ3n) is 5.15. The van der Waals surface area contributed by atoms with E-state index in [0.29, 0.717) is 17.3 Å². The fourth-order valence-electron chi connectivity index (χ4n) is 3.48. The minimum absolute atomic E-state index is 0.0428. The second-order valence-electron chi connectivity index (χ2n) is 7.09. The second kappa shape index (κ2) is 7.77. The molecule has 24 heavy (non-hydrogen) atoms. The molecule has 0 spiro atoms. The van der Waals surface area contributed by atoms with Crippen molar-refractivity contribution in [3.05, 3.63) is 29.6 Å². The van der Waals surface area contributed by atoms with Crippen molar-refractivity contribution < 1.29 is 9.59 Å². The number of rotatable bonds is 2. The maximum Gasteiger partial charge on any atom is 0.272 e. The van der Waals surface area contributed by atoms with E-state index in [9.17, 15) is 9.59 Å². The summed E-state index contributed by atoms with van der Waals surface area (Å²) in [6, 6.07) is 5.22. The van der Waals surface area contributed by atoms with Crippen molar-refractivity contribution in [2.75, 3.05) is 26.2 Å². The van der Waals surface area contributed by atoms with E-state index in [-0.39, 0.29) is 11.8 Å². The first-order valence-corrected chi connectivity index (χ1v) is 9.21. The van der Waals surface area contributed by atoms with Gasteiger partial charge in [-0.15, -0.1) is 0 Å². The molecule has 0 radical (unpaired) electrons. The Labute approximate surface area is 144 Å². The molecule has 2 fully saturated rings. The number of hydrogen-bond donors (Lipinski definition) is 0. The molecule has 3 rings (SSSR count). The van der Waals surface area contributed by atoms with Gasteiger partial charge in [0.25, 0.3) is 11.8 Å². The van der Waals surface area contributed by atoms with Crippen LogP contribution in [0.25, 0.3) is 0 Å². The van der Waals surface area contributed by atoms with Gasteiger partial charge >= 0.3 is 0 Å². The molecule has 5 heteroatoms. The smallest absolute Gasteiger partial charge is 0.272 e. The van der Waals surface area contributed by atoms with Crippen molar-refractivity contribution in [1.82, 2.24) is 14.8 Å². The summed E-state index contributed by atoms with van der Waals surface area (Å²) in [5, 5.41) is 0. The molecule has 0 aromatic carbocycles. The monoisotopic (exact) mass is 329 g/mol. The number of carbonyl (C=O) groups is 2. The highest BCUT2D eigenvalue weighted by Crippen LogP contribution is 2.18. The van der Waals surface area contributed by atoms with Crippen LogP contribution in [0.1, 0.15) is 66.4 Å². The Kier molecular flexibility index (Phi) is 5.48. The molecule has 0 N–H and O–H groups in total. The van der Waals surface area contributed by atoms with Crippen LogP contribution < -0.4 is 0 Å². The van der Waals surface area contributed by atoms with Gasteiger partial charge in [-0.25, -0.2) is 4.98 Å². The number of nitrogens with zero attached hydrogens (tertiary/aromatic N) is 3. The van der Waals surface area contributed by atoms with Crippen molar-refractivity contribution in [2.45, 2.75) is 45.4 Å². The summed E-state index contributed by atoms with van der Waals surface area (Å²) >= 11 is 0. The molecule has 3 heterocycles. The minimum Gasteiger partial charge on any atom is -0.337 e. The van der Waals surface area contributed by atoms with Gasteiger partial charge in [0.2, 0.25) is 0 Å². The number of carbonyl (C=O) groups excluding carboxylic acids is 2. The summed E-state index contributed by atoms with van der Waals surface area (Å²) in [6.45, 7) is 5.38. The van der Waals surface area contributed by atoms with Gasteiger partial charge in [-0.3, -0.25) is 9.59 Å². The largest absolute Gasteiger partial charge is 0.337 e. The molecular formula is C19H27N3O2. The third kappa shape index (κ3) is 3.94. The molecule has 2 aliphatic rings. The van der Waals surface area contributed by atoms with E-state index in [1.165, 1.54) is 12.8 Å². The number of pyridine rings is 1. The van der Waals surface area contributed by atoms with E-state index >= 15 is 0 Å². The van der Waals surface area contributed by atoms with Crippen molar-refractivity contribution in [3.8, 4) is 0 Å². The predicted molar refractivity (Wildman–Crippen MR) is 92.9 cm³/mol. The van der Waals surface area contributed by atoms with Gasteiger partial charge in [0.15, 0.2) is 0 Å². The third-order valence-corrected chi connectivity index (χ3v) is 5.15. The van der Waals surface area contributed by atoms with Crippen LogP contribution in [-0.2, 0) is 0 Å². The standard InChI is InChI=1S/C19H27N3O2/c1-15-9-13-22(14-10-15)19(24)17-8-6-7-16(20-17)18(23)21-11-4-2-3-5-12-21/h6-8,15H,2-5,9-14H2,1H3. The zero-order valence-corrected chi connectivity index (χ0v) is 14.5. The van der Waals surface area contributed by atoms with Crippen molar-refractivity contribution in [2.24, 2.45) is 5.92 Å². The average Bonchev–Trinajstić information content (AvgIpc) is 2.90. The fraction of sp³-hybridized carbons (Fsp3) is 0.632. The van der Waals surface area contributed by atoms with Gasteiger partial charge in [-0.05, 0) is 43.7 Å². The summed E-state index contributed by atoms with van der Waals surface area (Å²) in [7, 11) is 0. The Bertz CT molecular complexity index is 586. The van der Waals surface area contributed by atoms with Gasteiger partial charge in [-0.2, -0.15) is 0 Å². The van der Waals surface area contributed by atoms with Crippen LogP contribution in [0.2, 0.25) is 0 Å². The number of aromatic nitrogens is 1. The predicted octanol–water partition coefficient (Wildman–Crippen LogP) is 2.97. The van der Waals surface area contributed by atoms with E-state index in [0.717, 1.165) is 51.9 Å². The van der Waals surface area contributed by atoms with Crippen molar-refractivity contribution >= 4 is 11.8 Å². The summed E-state index contributed by atoms with van der Waals surface area (Å²) in [4.78, 5) is 33.5. The Morgan fingerprint density at radius 2 is 1.38 bits per heavy atom. The van der Waals surface area contributed by atoms with Gasteiger partial charge in [0.05, 0.1) is 0 Å². The second-order valence-corrected chi connectivity index (χ2v) is 7.09. The highest BCUT2D eigenvalue weighted by atomic mass is 16.2. The van der Waals surface area contributed by atoms with Crippen LogP contribution in [0, 0.1) is 5.92 Å². The van der Waals surface area contributed by atoms with E-state index in [2.05, 4.69) is 11.9 Å². The topological polar surface area (TPSA) is 53.5 Å². The Morgan fingerprint density at radius 3 is 1.92 bits per heavy atom. The highest BCUT2D eigenvalue weighted by Gasteiger charge is 2.24. The molecule has 0 atom stereocenters. The lowest BCUT2D eigenvalue weighted by atomic mass is 9.99. The van der Waals surface area contributed by atoms with E-state index in [1.54, 1.807) is 18.2 Å². The number of amides is 2. The van der Waals surface area contributed by atoms with Gasteiger partial charge < -0.3 is 9.80 Å². The van der Waals surface area contributed by atoms with Crippen LogP contribution in [0.4, 0.5) is 0 Å². The first-order chi connectivity index (χ1) is 11.6. The van der Waals surface area contributed by atoms with Crippen molar-refractivity contribution in [3.63, 3.8) is 0 Å². The normalized spacial score (nSPS) is 19.9. The van der Waals surface area contributed by atoms with Crippen molar-refractivity contribution in [1.29, 1.82) is 0 Å². The number of piperidine rings is 1. The lowest BCUT2D eigenvalue weighted by Crippen LogP contribution is -2.38. The van der Waals surface area contributed by atoms with Crippen LogP contribution in [0.3, 0.4) is 0 Å². The molecule has 0 bridgehead atoms. The molecule has 0 aliphatic carbocycles. The maximum absolute atomic E-state index is 12.7. The minimum atomic E-state index is -0.0487. The molecule has 2 aliphatic heterocycles. The van der Waals surface area contributed by atoms with Gasteiger partial charge in [-0.1, -0.05) is 25.8 Å². The van der Waals surface area contributed by atoms with E-state index < -0.39 is 0 Å². The zero-order valence-electron chi connectivity index (χ0n) is 14.5. The Morgan fingerprint density at radius 1 is 0.875 bits per heavy atom. The first-order valence-electron chi connectivity index (χ1n) is 9.21. The summed E-state index contributed by atoms with van der Waals surface area (Å²) in [5.41, 5.74) is 0.790. The molecule has 2 amide bonds. The van der Waals surface area contributed by atoms with Crippen LogP contribution in [0.5, 0.6) is 0 Å². The van der Waals surface area contributed by atoms with Gasteiger partial charge in [0, 0.05) is 26.2 Å². The summed E-state index contributed by atoms with van der Waals surface area (Å²) in [5.74, 6) is 0.587. The molecule has 130 valence electrons. The SMILES string of the molecule is CC1CCN(C(=O)c2cccc(C(=O)N3CCCCCC3)n2)CC1. The maximum atomic E-state index is 12.7. The molecule has 0 saturated carbocycles. The Hall–Kier alpha value is -1.91. The zero-order chi connectivity index (χ0) is 16.9. The summed E-state index contributed by atoms with van der Waals surface area (Å²) in [6.07, 6.45) is 6.55. The van der Waals surface area contributed by atoms with E-state index in [4.69, 9.17) is 0 Å². The average molecular weight is 329 g/mol. The summed E-state index contributed by atoms with van der Waals surface area (Å²) < 4.78 is 0. The quantitative estimate of drug-likeness (QED) is 0.838. The lowest BCUT2D eigenvalue weighted by molar-refractivity contribution is 0.0690.